The van der Waals surface area contributed by atoms with E-state index in [1.54, 1.807) is 24.9 Å². The molecule has 0 spiro atoms. The van der Waals surface area contributed by atoms with E-state index >= 15 is 0 Å². The van der Waals surface area contributed by atoms with E-state index in [1.165, 1.54) is 6.07 Å². The third kappa shape index (κ3) is 4.85. The number of hydrogen-bond acceptors (Lipinski definition) is 4. The van der Waals surface area contributed by atoms with Crippen molar-refractivity contribution in [1.29, 1.82) is 0 Å². The fourth-order valence-electron chi connectivity index (χ4n) is 2.10. The second-order valence-electron chi connectivity index (χ2n) is 5.42. The van der Waals surface area contributed by atoms with Gasteiger partial charge in [0, 0.05) is 24.5 Å². The maximum Gasteiger partial charge on any atom is 0.422 e. The van der Waals surface area contributed by atoms with Gasteiger partial charge in [-0.1, -0.05) is 11.6 Å². The number of hydrogen-bond donors (Lipinski definition) is 1. The molecule has 10 heteroatoms. The van der Waals surface area contributed by atoms with E-state index in [0.717, 1.165) is 17.5 Å². The second-order valence-corrected chi connectivity index (χ2v) is 5.83. The lowest BCUT2D eigenvalue weighted by Gasteiger charge is -2.14. The highest BCUT2D eigenvalue weighted by Crippen LogP contribution is 2.25. The Balaban J connectivity index is 2.07. The summed E-state index contributed by atoms with van der Waals surface area (Å²) in [5, 5.41) is 6.69. The van der Waals surface area contributed by atoms with Gasteiger partial charge in [0.2, 0.25) is 5.88 Å². The van der Waals surface area contributed by atoms with Crippen molar-refractivity contribution in [3.8, 4) is 5.88 Å². The van der Waals surface area contributed by atoms with Crippen LogP contribution in [0.25, 0.3) is 0 Å². The molecule has 2 aromatic rings. The average molecular weight is 377 g/mol. The summed E-state index contributed by atoms with van der Waals surface area (Å²) in [6.07, 6.45) is -1.74. The first-order valence-corrected chi connectivity index (χ1v) is 7.60. The second kappa shape index (κ2) is 7.30. The summed E-state index contributed by atoms with van der Waals surface area (Å²) in [7, 11) is 1.79. The highest BCUT2D eigenvalue weighted by atomic mass is 35.5. The van der Waals surface area contributed by atoms with Crippen LogP contribution in [0, 0.1) is 6.92 Å². The van der Waals surface area contributed by atoms with Crippen molar-refractivity contribution in [3.63, 3.8) is 0 Å². The number of carbonyl (C=O) groups excluding carboxylic acids is 1. The Hall–Kier alpha value is -2.29. The van der Waals surface area contributed by atoms with Gasteiger partial charge in [-0.3, -0.25) is 9.48 Å². The van der Waals surface area contributed by atoms with Crippen LogP contribution in [-0.4, -0.2) is 33.5 Å². The number of carbonyl (C=O) groups is 1. The van der Waals surface area contributed by atoms with E-state index < -0.39 is 18.7 Å². The lowest BCUT2D eigenvalue weighted by molar-refractivity contribution is -0.154. The van der Waals surface area contributed by atoms with Crippen LogP contribution in [0.2, 0.25) is 5.02 Å². The predicted octanol–water partition coefficient (Wildman–Crippen LogP) is 3.21. The van der Waals surface area contributed by atoms with Crippen LogP contribution >= 0.6 is 11.6 Å². The number of nitrogens with zero attached hydrogens (tertiary/aromatic N) is 3. The molecule has 0 radical (unpaired) electrons. The largest absolute Gasteiger partial charge is 0.467 e. The minimum Gasteiger partial charge on any atom is -0.467 e. The number of nitrogens with one attached hydrogen (secondary N) is 1. The van der Waals surface area contributed by atoms with Crippen LogP contribution in [-0.2, 0) is 7.05 Å². The Morgan fingerprint density at radius 3 is 2.64 bits per heavy atom. The summed E-state index contributed by atoms with van der Waals surface area (Å²) in [6.45, 7) is 2.15. The molecule has 2 aromatic heterocycles. The van der Waals surface area contributed by atoms with E-state index in [4.69, 9.17) is 11.6 Å². The third-order valence-corrected chi connectivity index (χ3v) is 3.80. The summed E-state index contributed by atoms with van der Waals surface area (Å²) in [4.78, 5) is 15.9. The molecule has 2 rings (SSSR count). The van der Waals surface area contributed by atoms with Gasteiger partial charge in [0.25, 0.3) is 5.91 Å². The number of aromatic nitrogens is 3. The lowest BCUT2D eigenvalue weighted by Crippen LogP contribution is -2.27. The van der Waals surface area contributed by atoms with Gasteiger partial charge in [-0.2, -0.15) is 18.3 Å². The smallest absolute Gasteiger partial charge is 0.422 e. The summed E-state index contributed by atoms with van der Waals surface area (Å²) in [6, 6.07) is 0.888. The van der Waals surface area contributed by atoms with Crippen molar-refractivity contribution in [3.05, 3.63) is 40.3 Å². The molecule has 6 nitrogen and oxygen atoms in total. The molecule has 136 valence electrons. The molecule has 0 unspecified atom stereocenters. The van der Waals surface area contributed by atoms with Crippen LogP contribution in [0.3, 0.4) is 0 Å². The monoisotopic (exact) mass is 376 g/mol. The molecule has 0 bridgehead atoms. The molecule has 1 N–H and O–H groups in total. The third-order valence-electron chi connectivity index (χ3n) is 3.53. The number of alkyl halides is 3. The Morgan fingerprint density at radius 2 is 2.12 bits per heavy atom. The van der Waals surface area contributed by atoms with Crippen molar-refractivity contribution in [2.45, 2.75) is 26.1 Å². The zero-order valence-electron chi connectivity index (χ0n) is 13.7. The molecule has 0 aromatic carbocycles. The molecule has 0 saturated carbocycles. The Kier molecular flexibility index (Phi) is 5.56. The van der Waals surface area contributed by atoms with Crippen LogP contribution in [0.5, 0.6) is 5.88 Å². The zero-order valence-corrected chi connectivity index (χ0v) is 14.4. The first-order chi connectivity index (χ1) is 11.6. The van der Waals surface area contributed by atoms with Gasteiger partial charge in [-0.15, -0.1) is 0 Å². The van der Waals surface area contributed by atoms with E-state index in [-0.39, 0.29) is 22.5 Å². The fraction of sp³-hybridized carbons (Fsp3) is 0.400. The Bertz CT molecular complexity index is 777. The predicted molar refractivity (Wildman–Crippen MR) is 84.6 cm³/mol. The van der Waals surface area contributed by atoms with Crippen LogP contribution in [0.4, 0.5) is 13.2 Å². The van der Waals surface area contributed by atoms with Gasteiger partial charge in [-0.05, 0) is 19.9 Å². The molecule has 25 heavy (non-hydrogen) atoms. The van der Waals surface area contributed by atoms with Gasteiger partial charge >= 0.3 is 6.18 Å². The number of rotatable bonds is 5. The zero-order chi connectivity index (χ0) is 18.8. The molecule has 1 atom stereocenters. The number of amides is 1. The summed E-state index contributed by atoms with van der Waals surface area (Å²) in [5.74, 6) is -0.848. The van der Waals surface area contributed by atoms with Crippen molar-refractivity contribution >= 4 is 17.5 Å². The summed E-state index contributed by atoms with van der Waals surface area (Å²) < 4.78 is 42.6. The first-order valence-electron chi connectivity index (χ1n) is 7.23. The fourth-order valence-corrected chi connectivity index (χ4v) is 2.33. The average Bonchev–Trinajstić information content (AvgIpc) is 2.84. The van der Waals surface area contributed by atoms with Crippen LogP contribution in [0.15, 0.2) is 18.5 Å². The topological polar surface area (TPSA) is 69.0 Å². The quantitative estimate of drug-likeness (QED) is 0.870. The van der Waals surface area contributed by atoms with Crippen molar-refractivity contribution in [2.24, 2.45) is 7.05 Å². The molecule has 2 heterocycles. The van der Waals surface area contributed by atoms with Crippen molar-refractivity contribution in [2.75, 3.05) is 6.61 Å². The highest BCUT2D eigenvalue weighted by Gasteiger charge is 2.29. The number of aryl methyl sites for hydroxylation is 1. The van der Waals surface area contributed by atoms with E-state index in [0.29, 0.717) is 0 Å². The molecule has 0 fully saturated rings. The summed E-state index contributed by atoms with van der Waals surface area (Å²) >= 11 is 5.84. The van der Waals surface area contributed by atoms with Gasteiger partial charge < -0.3 is 10.1 Å². The first kappa shape index (κ1) is 19.0. The van der Waals surface area contributed by atoms with Gasteiger partial charge in [-0.25, -0.2) is 4.98 Å². The standard InChI is InChI=1S/C15H16ClF3N4O2/c1-8(11-6-21-23(3)9(11)2)22-13(24)10-4-12(16)14(20-5-10)25-7-15(17,18)19/h4-6,8H,7H2,1-3H3,(H,22,24)/t8-/m0/s1. The number of halogens is 4. The van der Waals surface area contributed by atoms with E-state index in [1.807, 2.05) is 6.92 Å². The SMILES string of the molecule is Cc1c([C@H](C)NC(=O)c2cnc(OCC(F)(F)F)c(Cl)c2)cnn1C. The van der Waals surface area contributed by atoms with Gasteiger partial charge in [0.05, 0.1) is 17.8 Å². The minimum absolute atomic E-state index is 0.109. The Labute approximate surface area is 146 Å². The number of pyridine rings is 1. The maximum atomic E-state index is 12.3. The van der Waals surface area contributed by atoms with Gasteiger partial charge in [0.15, 0.2) is 6.61 Å². The number of ether oxygens (including phenoxy) is 1. The summed E-state index contributed by atoms with van der Waals surface area (Å²) in [5.41, 5.74) is 1.86. The van der Waals surface area contributed by atoms with Crippen LogP contribution < -0.4 is 10.1 Å². The molecule has 0 aliphatic rings. The molecule has 1 amide bonds. The molecule has 0 aliphatic carbocycles. The maximum absolute atomic E-state index is 12.3. The normalized spacial score (nSPS) is 12.8. The van der Waals surface area contributed by atoms with Crippen molar-refractivity contribution < 1.29 is 22.7 Å². The molecular formula is C15H16ClF3N4O2. The molecule has 0 saturated heterocycles. The Morgan fingerprint density at radius 1 is 1.44 bits per heavy atom. The van der Waals surface area contributed by atoms with E-state index in [9.17, 15) is 18.0 Å². The van der Waals surface area contributed by atoms with Crippen molar-refractivity contribution in [1.82, 2.24) is 20.1 Å². The highest BCUT2D eigenvalue weighted by molar-refractivity contribution is 6.32. The minimum atomic E-state index is -4.50. The van der Waals surface area contributed by atoms with E-state index in [2.05, 4.69) is 20.1 Å². The molecular weight excluding hydrogens is 361 g/mol. The van der Waals surface area contributed by atoms with Gasteiger partial charge in [0.1, 0.15) is 5.02 Å². The van der Waals surface area contributed by atoms with Crippen LogP contribution in [0.1, 0.15) is 34.6 Å². The lowest BCUT2D eigenvalue weighted by atomic mass is 10.1. The molecule has 0 aliphatic heterocycles.